The molecule has 1 aromatic rings. The van der Waals surface area contributed by atoms with E-state index in [-0.39, 0.29) is 0 Å². The van der Waals surface area contributed by atoms with Crippen LogP contribution in [-0.4, -0.2) is 19.6 Å². The van der Waals surface area contributed by atoms with Gasteiger partial charge >= 0.3 is 0 Å². The third-order valence-corrected chi connectivity index (χ3v) is 2.47. The zero-order valence-electron chi connectivity index (χ0n) is 9.16. The van der Waals surface area contributed by atoms with Crippen molar-refractivity contribution in [3.8, 4) is 0 Å². The van der Waals surface area contributed by atoms with Gasteiger partial charge in [-0.05, 0) is 44.5 Å². The fraction of sp³-hybridized carbons (Fsp3) is 0.500. The fourth-order valence-electron chi connectivity index (χ4n) is 1.66. The van der Waals surface area contributed by atoms with E-state index in [1.54, 1.807) is 0 Å². The van der Waals surface area contributed by atoms with Crippen molar-refractivity contribution in [3.63, 3.8) is 0 Å². The first-order valence-corrected chi connectivity index (χ1v) is 5.35. The quantitative estimate of drug-likeness (QED) is 0.773. The van der Waals surface area contributed by atoms with Crippen molar-refractivity contribution in [3.05, 3.63) is 29.8 Å². The van der Waals surface area contributed by atoms with Crippen LogP contribution in [0.1, 0.15) is 19.4 Å². The van der Waals surface area contributed by atoms with E-state index in [4.69, 9.17) is 5.73 Å². The Morgan fingerprint density at radius 1 is 1.21 bits per heavy atom. The number of nitrogens with two attached hydrogens (primary N) is 1. The number of hydrogen-bond acceptors (Lipinski definition) is 2. The number of rotatable bonds is 5. The van der Waals surface area contributed by atoms with E-state index < -0.39 is 0 Å². The summed E-state index contributed by atoms with van der Waals surface area (Å²) in [5.74, 6) is 0. The Hall–Kier alpha value is -1.02. The molecule has 2 heteroatoms. The van der Waals surface area contributed by atoms with Gasteiger partial charge in [0.25, 0.3) is 0 Å². The summed E-state index contributed by atoms with van der Waals surface area (Å²) in [6.45, 7) is 7.20. The van der Waals surface area contributed by atoms with Gasteiger partial charge in [0.15, 0.2) is 0 Å². The number of anilines is 1. The SMILES string of the molecule is CCN(CC)c1cccc(CCN)c1. The Kier molecular flexibility index (Phi) is 4.47. The van der Waals surface area contributed by atoms with Crippen LogP contribution in [0.5, 0.6) is 0 Å². The van der Waals surface area contributed by atoms with E-state index in [9.17, 15) is 0 Å². The second-order valence-electron chi connectivity index (χ2n) is 3.38. The first-order valence-electron chi connectivity index (χ1n) is 5.35. The van der Waals surface area contributed by atoms with E-state index in [1.165, 1.54) is 11.3 Å². The molecule has 0 saturated carbocycles. The van der Waals surface area contributed by atoms with Crippen LogP contribution in [0.4, 0.5) is 5.69 Å². The van der Waals surface area contributed by atoms with Gasteiger partial charge in [0.05, 0.1) is 0 Å². The summed E-state index contributed by atoms with van der Waals surface area (Å²) >= 11 is 0. The van der Waals surface area contributed by atoms with Crippen LogP contribution in [0.3, 0.4) is 0 Å². The molecule has 0 aliphatic rings. The summed E-state index contributed by atoms with van der Waals surface area (Å²) in [4.78, 5) is 2.35. The monoisotopic (exact) mass is 192 g/mol. The molecule has 0 heterocycles. The molecule has 1 aromatic carbocycles. The normalized spacial score (nSPS) is 10.2. The third kappa shape index (κ3) is 2.74. The number of hydrogen-bond donors (Lipinski definition) is 1. The Labute approximate surface area is 86.7 Å². The van der Waals surface area contributed by atoms with Crippen molar-refractivity contribution >= 4 is 5.69 Å². The van der Waals surface area contributed by atoms with Crippen LogP contribution in [0.15, 0.2) is 24.3 Å². The van der Waals surface area contributed by atoms with Crippen LogP contribution in [-0.2, 0) is 6.42 Å². The highest BCUT2D eigenvalue weighted by Crippen LogP contribution is 2.15. The van der Waals surface area contributed by atoms with E-state index in [0.717, 1.165) is 26.1 Å². The maximum absolute atomic E-state index is 5.54. The zero-order chi connectivity index (χ0) is 10.4. The largest absolute Gasteiger partial charge is 0.372 e. The van der Waals surface area contributed by atoms with Crippen LogP contribution < -0.4 is 10.6 Å². The Morgan fingerprint density at radius 2 is 1.93 bits per heavy atom. The van der Waals surface area contributed by atoms with Gasteiger partial charge in [0, 0.05) is 18.8 Å². The summed E-state index contributed by atoms with van der Waals surface area (Å²) in [6.07, 6.45) is 0.967. The molecule has 78 valence electrons. The number of nitrogens with zero attached hydrogens (tertiary/aromatic N) is 1. The van der Waals surface area contributed by atoms with Crippen molar-refractivity contribution in [1.82, 2.24) is 0 Å². The van der Waals surface area contributed by atoms with E-state index in [2.05, 4.69) is 43.0 Å². The first kappa shape index (κ1) is 11.1. The highest BCUT2D eigenvalue weighted by Gasteiger charge is 2.01. The second-order valence-corrected chi connectivity index (χ2v) is 3.38. The van der Waals surface area contributed by atoms with Gasteiger partial charge in [-0.15, -0.1) is 0 Å². The summed E-state index contributed by atoms with van der Waals surface area (Å²) in [7, 11) is 0. The minimum absolute atomic E-state index is 0.724. The molecule has 0 aliphatic carbocycles. The average molecular weight is 192 g/mol. The Morgan fingerprint density at radius 3 is 2.50 bits per heavy atom. The van der Waals surface area contributed by atoms with Gasteiger partial charge in [-0.25, -0.2) is 0 Å². The van der Waals surface area contributed by atoms with Crippen molar-refractivity contribution in [2.24, 2.45) is 5.73 Å². The molecule has 0 unspecified atom stereocenters. The van der Waals surface area contributed by atoms with Gasteiger partial charge in [-0.2, -0.15) is 0 Å². The van der Waals surface area contributed by atoms with Crippen molar-refractivity contribution in [2.45, 2.75) is 20.3 Å². The lowest BCUT2D eigenvalue weighted by molar-refractivity contribution is 0.863. The summed E-state index contributed by atoms with van der Waals surface area (Å²) < 4.78 is 0. The van der Waals surface area contributed by atoms with Gasteiger partial charge in [0.1, 0.15) is 0 Å². The molecule has 0 amide bonds. The van der Waals surface area contributed by atoms with E-state index >= 15 is 0 Å². The van der Waals surface area contributed by atoms with Gasteiger partial charge in [-0.3, -0.25) is 0 Å². The van der Waals surface area contributed by atoms with Crippen LogP contribution >= 0.6 is 0 Å². The summed E-state index contributed by atoms with van der Waals surface area (Å²) in [6, 6.07) is 8.64. The topological polar surface area (TPSA) is 29.3 Å². The standard InChI is InChI=1S/C12H20N2/c1-3-14(4-2)12-7-5-6-11(10-12)8-9-13/h5-7,10H,3-4,8-9,13H2,1-2H3. The lowest BCUT2D eigenvalue weighted by Crippen LogP contribution is -2.21. The molecule has 14 heavy (non-hydrogen) atoms. The maximum Gasteiger partial charge on any atom is 0.0368 e. The van der Waals surface area contributed by atoms with E-state index in [0.29, 0.717) is 0 Å². The van der Waals surface area contributed by atoms with Gasteiger partial charge in [0.2, 0.25) is 0 Å². The predicted octanol–water partition coefficient (Wildman–Crippen LogP) is 2.03. The van der Waals surface area contributed by atoms with Crippen LogP contribution in [0.25, 0.3) is 0 Å². The molecule has 0 bridgehead atoms. The highest BCUT2D eigenvalue weighted by atomic mass is 15.1. The fourth-order valence-corrected chi connectivity index (χ4v) is 1.66. The van der Waals surface area contributed by atoms with Crippen LogP contribution in [0.2, 0.25) is 0 Å². The van der Waals surface area contributed by atoms with Crippen molar-refractivity contribution in [1.29, 1.82) is 0 Å². The molecule has 0 saturated heterocycles. The molecular weight excluding hydrogens is 172 g/mol. The minimum atomic E-state index is 0.724. The molecule has 2 nitrogen and oxygen atoms in total. The predicted molar refractivity (Wildman–Crippen MR) is 62.8 cm³/mol. The maximum atomic E-state index is 5.54. The third-order valence-electron chi connectivity index (χ3n) is 2.47. The second kappa shape index (κ2) is 5.66. The van der Waals surface area contributed by atoms with E-state index in [1.807, 2.05) is 0 Å². The molecule has 0 fully saturated rings. The van der Waals surface area contributed by atoms with Crippen molar-refractivity contribution in [2.75, 3.05) is 24.5 Å². The molecule has 0 atom stereocenters. The minimum Gasteiger partial charge on any atom is -0.372 e. The lowest BCUT2D eigenvalue weighted by Gasteiger charge is -2.21. The summed E-state index contributed by atoms with van der Waals surface area (Å²) in [5, 5.41) is 0. The molecule has 1 rings (SSSR count). The zero-order valence-corrected chi connectivity index (χ0v) is 9.16. The lowest BCUT2D eigenvalue weighted by atomic mass is 10.1. The molecule has 0 radical (unpaired) electrons. The van der Waals surface area contributed by atoms with Crippen molar-refractivity contribution < 1.29 is 0 Å². The Bertz CT molecular complexity index is 267. The number of benzene rings is 1. The average Bonchev–Trinajstić information content (AvgIpc) is 2.21. The first-order chi connectivity index (χ1) is 6.81. The molecular formula is C12H20N2. The molecule has 0 aliphatic heterocycles. The molecule has 2 N–H and O–H groups in total. The smallest absolute Gasteiger partial charge is 0.0368 e. The summed E-state index contributed by atoms with van der Waals surface area (Å²) in [5.41, 5.74) is 8.18. The van der Waals surface area contributed by atoms with Gasteiger partial charge in [-0.1, -0.05) is 12.1 Å². The molecule has 0 aromatic heterocycles. The van der Waals surface area contributed by atoms with Crippen LogP contribution in [0, 0.1) is 0 Å². The Balaban J connectivity index is 2.81. The molecule has 0 spiro atoms. The van der Waals surface area contributed by atoms with Gasteiger partial charge < -0.3 is 10.6 Å². The highest BCUT2D eigenvalue weighted by molar-refractivity contribution is 5.48.